The van der Waals surface area contributed by atoms with Crippen molar-refractivity contribution in [3.05, 3.63) is 67.5 Å². The van der Waals surface area contributed by atoms with Gasteiger partial charge in [0.15, 0.2) is 0 Å². The van der Waals surface area contributed by atoms with E-state index in [2.05, 4.69) is 0 Å². The predicted octanol–water partition coefficient (Wildman–Crippen LogP) is 5.35. The molecule has 0 atom stereocenters. The van der Waals surface area contributed by atoms with Gasteiger partial charge in [-0.2, -0.15) is 26.3 Å². The highest BCUT2D eigenvalue weighted by Gasteiger charge is 2.40. The van der Waals surface area contributed by atoms with Gasteiger partial charge >= 0.3 is 12.4 Å². The number of benzene rings is 2. The highest BCUT2D eigenvalue weighted by Crippen LogP contribution is 2.43. The van der Waals surface area contributed by atoms with Gasteiger partial charge in [0.1, 0.15) is 5.82 Å². The zero-order valence-electron chi connectivity index (χ0n) is 12.6. The van der Waals surface area contributed by atoms with Crippen LogP contribution in [-0.4, -0.2) is 9.85 Å². The van der Waals surface area contributed by atoms with E-state index >= 15 is 0 Å². The molecule has 0 bridgehead atoms. The molecule has 0 amide bonds. The Labute approximate surface area is 144 Å². The summed E-state index contributed by atoms with van der Waals surface area (Å²) in [5, 5.41) is 21.5. The first-order valence-corrected chi connectivity index (χ1v) is 6.64. The fourth-order valence-electron chi connectivity index (χ4n) is 2.23. The number of non-ortho nitro benzene ring substituents is 2. The van der Waals surface area contributed by atoms with Crippen LogP contribution in [-0.2, 0) is 12.4 Å². The summed E-state index contributed by atoms with van der Waals surface area (Å²) < 4.78 is 92.6. The highest BCUT2D eigenvalue weighted by molar-refractivity contribution is 5.73. The molecule has 2 aromatic rings. The van der Waals surface area contributed by atoms with Gasteiger partial charge in [-0.25, -0.2) is 4.39 Å². The van der Waals surface area contributed by atoms with Gasteiger partial charge in [0.25, 0.3) is 11.4 Å². The molecule has 0 fully saturated rings. The number of hydrogen-bond donors (Lipinski definition) is 0. The quantitative estimate of drug-likeness (QED) is 0.396. The lowest BCUT2D eigenvalue weighted by Gasteiger charge is -2.16. The lowest BCUT2D eigenvalue weighted by Crippen LogP contribution is -2.12. The van der Waals surface area contributed by atoms with Crippen LogP contribution >= 0.6 is 0 Å². The van der Waals surface area contributed by atoms with E-state index < -0.39 is 61.6 Å². The summed E-state index contributed by atoms with van der Waals surface area (Å²) >= 11 is 0. The Morgan fingerprint density at radius 1 is 0.704 bits per heavy atom. The molecule has 13 heteroatoms. The van der Waals surface area contributed by atoms with Gasteiger partial charge < -0.3 is 0 Å². The number of hydrogen-bond acceptors (Lipinski definition) is 4. The molecule has 144 valence electrons. The third kappa shape index (κ3) is 3.96. The van der Waals surface area contributed by atoms with Crippen LogP contribution in [0.4, 0.5) is 42.1 Å². The molecule has 0 saturated carbocycles. The minimum Gasteiger partial charge on any atom is -0.258 e. The summed E-state index contributed by atoms with van der Waals surface area (Å²) in [4.78, 5) is 18.9. The average molecular weight is 398 g/mol. The van der Waals surface area contributed by atoms with Crippen LogP contribution in [0.25, 0.3) is 11.1 Å². The smallest absolute Gasteiger partial charge is 0.258 e. The summed E-state index contributed by atoms with van der Waals surface area (Å²) in [5.41, 5.74) is -8.88. The Kier molecular flexibility index (Phi) is 4.82. The molecule has 2 aromatic carbocycles. The summed E-state index contributed by atoms with van der Waals surface area (Å²) in [5.74, 6) is -2.17. The Hall–Kier alpha value is -3.25. The Bertz CT molecular complexity index is 938. The van der Waals surface area contributed by atoms with E-state index in [1.807, 2.05) is 0 Å². The zero-order valence-corrected chi connectivity index (χ0v) is 12.6. The first-order valence-electron chi connectivity index (χ1n) is 6.64. The molecule has 0 aliphatic heterocycles. The monoisotopic (exact) mass is 398 g/mol. The van der Waals surface area contributed by atoms with Crippen LogP contribution in [0.2, 0.25) is 0 Å². The second kappa shape index (κ2) is 6.48. The van der Waals surface area contributed by atoms with Crippen molar-refractivity contribution in [2.75, 3.05) is 0 Å². The molecular weight excluding hydrogens is 393 g/mol. The second-order valence-corrected chi connectivity index (χ2v) is 5.09. The largest absolute Gasteiger partial charge is 0.419 e. The number of rotatable bonds is 3. The third-order valence-corrected chi connectivity index (χ3v) is 3.38. The van der Waals surface area contributed by atoms with E-state index in [9.17, 15) is 51.0 Å². The summed E-state index contributed by atoms with van der Waals surface area (Å²) in [7, 11) is 0. The minimum atomic E-state index is -5.43. The Morgan fingerprint density at radius 3 is 1.63 bits per heavy atom. The number of alkyl halides is 6. The normalized spacial score (nSPS) is 12.1. The molecule has 0 aliphatic carbocycles. The van der Waals surface area contributed by atoms with Crippen LogP contribution in [0.15, 0.2) is 30.3 Å². The van der Waals surface area contributed by atoms with Crippen molar-refractivity contribution in [1.82, 2.24) is 0 Å². The van der Waals surface area contributed by atoms with Crippen molar-refractivity contribution in [2.45, 2.75) is 12.4 Å². The molecule has 0 spiro atoms. The number of halogens is 7. The van der Waals surface area contributed by atoms with Crippen molar-refractivity contribution in [2.24, 2.45) is 0 Å². The second-order valence-electron chi connectivity index (χ2n) is 5.09. The van der Waals surface area contributed by atoms with Crippen LogP contribution in [0, 0.1) is 26.0 Å². The van der Waals surface area contributed by atoms with E-state index in [0.29, 0.717) is 12.1 Å². The van der Waals surface area contributed by atoms with Gasteiger partial charge in [-0.3, -0.25) is 20.2 Å². The van der Waals surface area contributed by atoms with Gasteiger partial charge in [0.2, 0.25) is 0 Å². The fourth-order valence-corrected chi connectivity index (χ4v) is 2.23. The van der Waals surface area contributed by atoms with E-state index in [-0.39, 0.29) is 18.2 Å². The summed E-state index contributed by atoms with van der Waals surface area (Å²) in [6, 6.07) is 0.929. The first kappa shape index (κ1) is 20.1. The minimum absolute atomic E-state index is 0.000862. The van der Waals surface area contributed by atoms with E-state index in [4.69, 9.17) is 0 Å². The SMILES string of the molecule is O=[N+]([O-])c1ccc(-c2cc([N+](=O)[O-])cc(C(F)(F)F)c2F)c(C(F)(F)F)c1. The van der Waals surface area contributed by atoms with Gasteiger partial charge in [0, 0.05) is 29.8 Å². The maximum absolute atomic E-state index is 14.3. The topological polar surface area (TPSA) is 86.3 Å². The zero-order chi connectivity index (χ0) is 20.7. The molecule has 0 aliphatic rings. The summed E-state index contributed by atoms with van der Waals surface area (Å²) in [6.07, 6.45) is -10.7. The third-order valence-electron chi connectivity index (χ3n) is 3.38. The van der Waals surface area contributed by atoms with E-state index in [1.54, 1.807) is 0 Å². The molecule has 0 unspecified atom stereocenters. The molecular formula is C14H5F7N2O4. The molecule has 2 rings (SSSR count). The van der Waals surface area contributed by atoms with Gasteiger partial charge in [-0.05, 0) is 11.6 Å². The molecule has 27 heavy (non-hydrogen) atoms. The highest BCUT2D eigenvalue weighted by atomic mass is 19.4. The van der Waals surface area contributed by atoms with Crippen molar-refractivity contribution >= 4 is 11.4 Å². The molecule has 0 N–H and O–H groups in total. The molecule has 0 aromatic heterocycles. The molecule has 6 nitrogen and oxygen atoms in total. The maximum atomic E-state index is 14.3. The molecule has 0 radical (unpaired) electrons. The number of nitro benzene ring substituents is 2. The van der Waals surface area contributed by atoms with Crippen molar-refractivity contribution < 1.29 is 40.6 Å². The van der Waals surface area contributed by atoms with Gasteiger partial charge in [0.05, 0.1) is 21.0 Å². The van der Waals surface area contributed by atoms with Crippen LogP contribution in [0.1, 0.15) is 11.1 Å². The average Bonchev–Trinajstić information content (AvgIpc) is 2.52. The fraction of sp³-hybridized carbons (Fsp3) is 0.143. The number of nitrogens with zero attached hydrogens (tertiary/aromatic N) is 2. The van der Waals surface area contributed by atoms with Crippen molar-refractivity contribution in [1.29, 1.82) is 0 Å². The first-order chi connectivity index (χ1) is 12.2. The van der Waals surface area contributed by atoms with Crippen molar-refractivity contribution in [3.8, 4) is 11.1 Å². The molecule has 0 heterocycles. The Morgan fingerprint density at radius 2 is 1.19 bits per heavy atom. The van der Waals surface area contributed by atoms with Crippen LogP contribution < -0.4 is 0 Å². The summed E-state index contributed by atoms with van der Waals surface area (Å²) in [6.45, 7) is 0. The van der Waals surface area contributed by atoms with Crippen molar-refractivity contribution in [3.63, 3.8) is 0 Å². The van der Waals surface area contributed by atoms with E-state index in [1.165, 1.54) is 0 Å². The lowest BCUT2D eigenvalue weighted by molar-refractivity contribution is -0.385. The van der Waals surface area contributed by atoms with Crippen LogP contribution in [0.3, 0.4) is 0 Å². The standard InChI is InChI=1S/C14H5F7N2O4/c15-12-9(3-7(23(26)27)5-11(12)14(19,20)21)8-2-1-6(22(24)25)4-10(8)13(16,17)18/h1-5H. The van der Waals surface area contributed by atoms with Gasteiger partial charge in [-0.15, -0.1) is 0 Å². The Balaban J connectivity index is 2.91. The van der Waals surface area contributed by atoms with E-state index in [0.717, 1.165) is 0 Å². The lowest BCUT2D eigenvalue weighted by atomic mass is 9.95. The van der Waals surface area contributed by atoms with Crippen LogP contribution in [0.5, 0.6) is 0 Å². The predicted molar refractivity (Wildman–Crippen MR) is 75.1 cm³/mol. The van der Waals surface area contributed by atoms with Gasteiger partial charge in [-0.1, -0.05) is 0 Å². The number of nitro groups is 2. The maximum Gasteiger partial charge on any atom is 0.419 e. The molecule has 0 saturated heterocycles.